The minimum atomic E-state index is -3.57. The summed E-state index contributed by atoms with van der Waals surface area (Å²) in [6, 6.07) is 1.37. The first-order valence-corrected chi connectivity index (χ1v) is 8.85. The molecule has 0 spiro atoms. The highest BCUT2D eigenvalue weighted by molar-refractivity contribution is 7.89. The number of hydrazine groups is 1. The zero-order chi connectivity index (χ0) is 15.5. The SMILES string of the molecule is CN(CC1CCCCC1)S(=O)(=O)c1cnc(NN)c(Cl)c1. The lowest BCUT2D eigenvalue weighted by molar-refractivity contribution is 0.300. The Morgan fingerprint density at radius 2 is 2.10 bits per heavy atom. The van der Waals surface area contributed by atoms with E-state index in [-0.39, 0.29) is 15.7 Å². The summed E-state index contributed by atoms with van der Waals surface area (Å²) in [4.78, 5) is 4.01. The van der Waals surface area contributed by atoms with Crippen LogP contribution in [0.25, 0.3) is 0 Å². The lowest BCUT2D eigenvalue weighted by Crippen LogP contribution is -2.32. The van der Waals surface area contributed by atoms with Crippen molar-refractivity contribution in [3.05, 3.63) is 17.3 Å². The molecule has 1 aromatic heterocycles. The number of rotatable bonds is 5. The van der Waals surface area contributed by atoms with Crippen molar-refractivity contribution in [1.29, 1.82) is 0 Å². The minimum absolute atomic E-state index is 0.0878. The lowest BCUT2D eigenvalue weighted by atomic mass is 9.89. The third-order valence-corrected chi connectivity index (χ3v) is 5.98. The van der Waals surface area contributed by atoms with E-state index < -0.39 is 10.0 Å². The molecule has 2 rings (SSSR count). The summed E-state index contributed by atoms with van der Waals surface area (Å²) in [6.07, 6.45) is 7.07. The van der Waals surface area contributed by atoms with Gasteiger partial charge in [0.15, 0.2) is 5.82 Å². The first-order valence-electron chi connectivity index (χ1n) is 7.03. The van der Waals surface area contributed by atoms with Crippen LogP contribution in [0.1, 0.15) is 32.1 Å². The molecule has 1 aliphatic carbocycles. The maximum absolute atomic E-state index is 12.5. The van der Waals surface area contributed by atoms with E-state index in [4.69, 9.17) is 17.4 Å². The Hall–Kier alpha value is -0.890. The van der Waals surface area contributed by atoms with Crippen LogP contribution in [0.4, 0.5) is 5.82 Å². The number of halogens is 1. The smallest absolute Gasteiger partial charge is 0.244 e. The molecular formula is C13H21ClN4O2S. The fourth-order valence-corrected chi connectivity index (χ4v) is 4.18. The zero-order valence-corrected chi connectivity index (χ0v) is 13.6. The molecule has 3 N–H and O–H groups in total. The van der Waals surface area contributed by atoms with Gasteiger partial charge in [0, 0.05) is 19.8 Å². The molecule has 0 saturated heterocycles. The molecule has 6 nitrogen and oxygen atoms in total. The van der Waals surface area contributed by atoms with Gasteiger partial charge in [0.05, 0.1) is 5.02 Å². The van der Waals surface area contributed by atoms with Crippen molar-refractivity contribution in [3.63, 3.8) is 0 Å². The Labute approximate surface area is 130 Å². The molecule has 0 aromatic carbocycles. The van der Waals surface area contributed by atoms with Crippen LogP contribution in [0.2, 0.25) is 5.02 Å². The Morgan fingerprint density at radius 1 is 1.43 bits per heavy atom. The normalized spacial score (nSPS) is 17.1. The lowest BCUT2D eigenvalue weighted by Gasteiger charge is -2.26. The highest BCUT2D eigenvalue weighted by Gasteiger charge is 2.25. The number of anilines is 1. The maximum atomic E-state index is 12.5. The quantitative estimate of drug-likeness (QED) is 0.637. The van der Waals surface area contributed by atoms with Gasteiger partial charge in [-0.25, -0.2) is 23.5 Å². The Bertz CT molecular complexity index is 588. The average molecular weight is 333 g/mol. The van der Waals surface area contributed by atoms with Crippen LogP contribution in [-0.2, 0) is 10.0 Å². The predicted octanol–water partition coefficient (Wildman–Crippen LogP) is 2.22. The van der Waals surface area contributed by atoms with Gasteiger partial charge in [0.1, 0.15) is 4.90 Å². The number of pyridine rings is 1. The summed E-state index contributed by atoms with van der Waals surface area (Å²) < 4.78 is 26.5. The van der Waals surface area contributed by atoms with Gasteiger partial charge < -0.3 is 5.43 Å². The van der Waals surface area contributed by atoms with Crippen molar-refractivity contribution in [3.8, 4) is 0 Å². The molecule has 8 heteroatoms. The molecule has 0 atom stereocenters. The molecular weight excluding hydrogens is 312 g/mol. The standard InChI is InChI=1S/C13H21ClN4O2S/c1-18(9-10-5-3-2-4-6-10)21(19,20)11-7-12(14)13(17-15)16-8-11/h7-8,10H,2-6,9,15H2,1H3,(H,16,17). The number of hydrogen-bond donors (Lipinski definition) is 2. The van der Waals surface area contributed by atoms with Crippen LogP contribution < -0.4 is 11.3 Å². The third-order valence-electron chi connectivity index (χ3n) is 3.90. The minimum Gasteiger partial charge on any atom is -0.307 e. The first-order chi connectivity index (χ1) is 9.95. The Morgan fingerprint density at radius 3 is 2.67 bits per heavy atom. The van der Waals surface area contributed by atoms with E-state index in [0.29, 0.717) is 12.5 Å². The number of hydrogen-bond acceptors (Lipinski definition) is 5. The summed E-state index contributed by atoms with van der Waals surface area (Å²) in [5.74, 6) is 5.93. The first kappa shape index (κ1) is 16.5. The Kier molecular flexibility index (Phi) is 5.43. The number of aromatic nitrogens is 1. The van der Waals surface area contributed by atoms with E-state index >= 15 is 0 Å². The molecule has 1 fully saturated rings. The Balaban J connectivity index is 2.14. The number of nitrogens with two attached hydrogens (primary N) is 1. The number of sulfonamides is 1. The second-order valence-corrected chi connectivity index (χ2v) is 7.89. The van der Waals surface area contributed by atoms with Crippen molar-refractivity contribution in [2.24, 2.45) is 11.8 Å². The number of nitrogen functional groups attached to an aromatic ring is 1. The molecule has 1 aromatic rings. The van der Waals surface area contributed by atoms with Crippen molar-refractivity contribution in [2.45, 2.75) is 37.0 Å². The van der Waals surface area contributed by atoms with Crippen LogP contribution in [0.3, 0.4) is 0 Å². The zero-order valence-electron chi connectivity index (χ0n) is 12.0. The summed E-state index contributed by atoms with van der Waals surface area (Å²) in [6.45, 7) is 0.539. The second-order valence-electron chi connectivity index (χ2n) is 5.44. The molecule has 0 radical (unpaired) electrons. The molecule has 21 heavy (non-hydrogen) atoms. The van der Waals surface area contributed by atoms with Crippen molar-refractivity contribution < 1.29 is 8.42 Å². The van der Waals surface area contributed by atoms with E-state index in [2.05, 4.69) is 10.4 Å². The van der Waals surface area contributed by atoms with Crippen LogP contribution in [0, 0.1) is 5.92 Å². The maximum Gasteiger partial charge on any atom is 0.244 e. The highest BCUT2D eigenvalue weighted by atomic mass is 35.5. The molecule has 0 bridgehead atoms. The predicted molar refractivity (Wildman–Crippen MR) is 83.4 cm³/mol. The van der Waals surface area contributed by atoms with E-state index in [9.17, 15) is 8.42 Å². The van der Waals surface area contributed by atoms with E-state index in [1.807, 2.05) is 0 Å². The summed E-state index contributed by atoms with van der Waals surface area (Å²) in [5, 5.41) is 0.185. The summed E-state index contributed by atoms with van der Waals surface area (Å²) in [5.41, 5.74) is 2.32. The molecule has 1 saturated carbocycles. The van der Waals surface area contributed by atoms with Gasteiger partial charge in [-0.1, -0.05) is 30.9 Å². The van der Waals surface area contributed by atoms with Crippen LogP contribution >= 0.6 is 11.6 Å². The molecule has 1 heterocycles. The molecule has 1 aliphatic rings. The van der Waals surface area contributed by atoms with Gasteiger partial charge in [-0.15, -0.1) is 0 Å². The monoisotopic (exact) mass is 332 g/mol. The van der Waals surface area contributed by atoms with Gasteiger partial charge in [0.2, 0.25) is 10.0 Å². The molecule has 0 amide bonds. The highest BCUT2D eigenvalue weighted by Crippen LogP contribution is 2.27. The van der Waals surface area contributed by atoms with Gasteiger partial charge in [-0.3, -0.25) is 0 Å². The van der Waals surface area contributed by atoms with Gasteiger partial charge >= 0.3 is 0 Å². The summed E-state index contributed by atoms with van der Waals surface area (Å²) >= 11 is 5.94. The fourth-order valence-electron chi connectivity index (χ4n) is 2.68. The third kappa shape index (κ3) is 3.85. The number of nitrogens with one attached hydrogen (secondary N) is 1. The molecule has 118 valence electrons. The van der Waals surface area contributed by atoms with Gasteiger partial charge in [-0.05, 0) is 24.8 Å². The molecule has 0 aliphatic heterocycles. The topological polar surface area (TPSA) is 88.3 Å². The van der Waals surface area contributed by atoms with Gasteiger partial charge in [-0.2, -0.15) is 0 Å². The molecule has 0 unspecified atom stereocenters. The van der Waals surface area contributed by atoms with Gasteiger partial charge in [0.25, 0.3) is 0 Å². The van der Waals surface area contributed by atoms with Crippen molar-refractivity contribution in [2.75, 3.05) is 19.0 Å². The van der Waals surface area contributed by atoms with Crippen LogP contribution in [0.15, 0.2) is 17.2 Å². The van der Waals surface area contributed by atoms with Crippen molar-refractivity contribution in [1.82, 2.24) is 9.29 Å². The largest absolute Gasteiger partial charge is 0.307 e. The van der Waals surface area contributed by atoms with E-state index in [0.717, 1.165) is 12.8 Å². The van der Waals surface area contributed by atoms with E-state index in [1.54, 1.807) is 7.05 Å². The summed E-state index contributed by atoms with van der Waals surface area (Å²) in [7, 11) is -1.96. The van der Waals surface area contributed by atoms with E-state index in [1.165, 1.54) is 35.8 Å². The average Bonchev–Trinajstić information content (AvgIpc) is 2.48. The van der Waals surface area contributed by atoms with Crippen LogP contribution in [-0.4, -0.2) is 31.3 Å². The number of nitrogens with zero attached hydrogens (tertiary/aromatic N) is 2. The van der Waals surface area contributed by atoms with Crippen LogP contribution in [0.5, 0.6) is 0 Å². The fraction of sp³-hybridized carbons (Fsp3) is 0.615. The van der Waals surface area contributed by atoms with Crippen molar-refractivity contribution >= 4 is 27.4 Å². The second kappa shape index (κ2) is 6.91.